The Morgan fingerprint density at radius 3 is 2.64 bits per heavy atom. The number of aliphatic hydroxyl groups is 1. The van der Waals surface area contributed by atoms with Gasteiger partial charge in [0.25, 0.3) is 6.43 Å². The number of rotatable bonds is 7. The molecule has 11 heavy (non-hydrogen) atoms. The molecule has 0 radical (unpaired) electrons. The number of nitrogens with one attached hydrogen (secondary N) is 1. The van der Waals surface area contributed by atoms with Crippen LogP contribution in [0.25, 0.3) is 0 Å². The standard InChI is InChI=1S/C6H13F2NO2/c7-6(8)5-11-4-2-9-1-3-10/h6,9-10H,1-5H2. The van der Waals surface area contributed by atoms with Crippen LogP contribution in [0.1, 0.15) is 0 Å². The fourth-order valence-corrected chi connectivity index (χ4v) is 0.521. The highest BCUT2D eigenvalue weighted by atomic mass is 19.3. The Labute approximate surface area is 64.4 Å². The summed E-state index contributed by atoms with van der Waals surface area (Å²) in [6.45, 7) is 0.755. The number of ether oxygens (including phenoxy) is 1. The smallest absolute Gasteiger partial charge is 0.261 e. The third kappa shape index (κ3) is 9.74. The lowest BCUT2D eigenvalue weighted by Gasteiger charge is -2.03. The van der Waals surface area contributed by atoms with Gasteiger partial charge in [0.15, 0.2) is 0 Å². The normalized spacial score (nSPS) is 10.9. The van der Waals surface area contributed by atoms with E-state index >= 15 is 0 Å². The molecule has 2 N–H and O–H groups in total. The third-order valence-corrected chi connectivity index (χ3v) is 0.956. The van der Waals surface area contributed by atoms with Crippen molar-refractivity contribution in [1.82, 2.24) is 5.32 Å². The zero-order valence-corrected chi connectivity index (χ0v) is 6.22. The molecule has 0 aromatic carbocycles. The third-order valence-electron chi connectivity index (χ3n) is 0.956. The minimum atomic E-state index is -2.40. The molecular weight excluding hydrogens is 156 g/mol. The van der Waals surface area contributed by atoms with Gasteiger partial charge in [-0.1, -0.05) is 0 Å². The summed E-state index contributed by atoms with van der Waals surface area (Å²) in [6.07, 6.45) is -2.40. The minimum Gasteiger partial charge on any atom is -0.395 e. The first-order valence-corrected chi connectivity index (χ1v) is 3.45. The summed E-state index contributed by atoms with van der Waals surface area (Å²) in [5.74, 6) is 0. The van der Waals surface area contributed by atoms with Crippen LogP contribution in [0.3, 0.4) is 0 Å². The van der Waals surface area contributed by atoms with Crippen molar-refractivity contribution < 1.29 is 18.6 Å². The van der Waals surface area contributed by atoms with Crippen molar-refractivity contribution in [3.8, 4) is 0 Å². The van der Waals surface area contributed by atoms with Crippen LogP contribution in [-0.4, -0.2) is 44.4 Å². The molecule has 0 atom stereocenters. The van der Waals surface area contributed by atoms with Gasteiger partial charge in [0, 0.05) is 13.1 Å². The summed E-state index contributed by atoms with van der Waals surface area (Å²) in [6, 6.07) is 0. The molecule has 0 aromatic heterocycles. The molecule has 0 amide bonds. The molecule has 68 valence electrons. The van der Waals surface area contributed by atoms with Crippen molar-refractivity contribution in [2.45, 2.75) is 6.43 Å². The Kier molecular flexibility index (Phi) is 7.66. The van der Waals surface area contributed by atoms with Gasteiger partial charge in [-0.3, -0.25) is 0 Å². The number of halogens is 2. The van der Waals surface area contributed by atoms with E-state index < -0.39 is 13.0 Å². The van der Waals surface area contributed by atoms with Gasteiger partial charge < -0.3 is 15.2 Å². The van der Waals surface area contributed by atoms with E-state index in [0.717, 1.165) is 0 Å². The van der Waals surface area contributed by atoms with Crippen LogP contribution in [0.4, 0.5) is 8.78 Å². The largest absolute Gasteiger partial charge is 0.395 e. The topological polar surface area (TPSA) is 41.5 Å². The van der Waals surface area contributed by atoms with Crippen molar-refractivity contribution in [1.29, 1.82) is 0 Å². The molecule has 0 fully saturated rings. The number of hydrogen-bond donors (Lipinski definition) is 2. The van der Waals surface area contributed by atoms with Crippen LogP contribution in [0, 0.1) is 0 Å². The second kappa shape index (κ2) is 7.84. The van der Waals surface area contributed by atoms with Gasteiger partial charge in [-0.15, -0.1) is 0 Å². The summed E-state index contributed by atoms with van der Waals surface area (Å²) in [5.41, 5.74) is 0. The molecule has 0 spiro atoms. The molecule has 0 heterocycles. The maximum absolute atomic E-state index is 11.4. The lowest BCUT2D eigenvalue weighted by molar-refractivity contribution is 0.0186. The molecule has 0 aliphatic rings. The second-order valence-corrected chi connectivity index (χ2v) is 1.94. The summed E-state index contributed by atoms with van der Waals surface area (Å²) >= 11 is 0. The number of aliphatic hydroxyl groups excluding tert-OH is 1. The Morgan fingerprint density at radius 2 is 2.09 bits per heavy atom. The minimum absolute atomic E-state index is 0.0504. The first-order valence-electron chi connectivity index (χ1n) is 3.45. The first kappa shape index (κ1) is 10.7. The number of hydrogen-bond acceptors (Lipinski definition) is 3. The molecule has 0 saturated carbocycles. The van der Waals surface area contributed by atoms with Gasteiger partial charge in [-0.2, -0.15) is 0 Å². The molecule has 0 bridgehead atoms. The van der Waals surface area contributed by atoms with Crippen molar-refractivity contribution in [2.75, 3.05) is 32.9 Å². The van der Waals surface area contributed by atoms with Crippen molar-refractivity contribution in [2.24, 2.45) is 0 Å². The molecule has 0 saturated heterocycles. The highest BCUT2D eigenvalue weighted by molar-refractivity contribution is 4.43. The first-order chi connectivity index (χ1) is 5.27. The van der Waals surface area contributed by atoms with Gasteiger partial charge in [-0.05, 0) is 0 Å². The van der Waals surface area contributed by atoms with Crippen molar-refractivity contribution in [3.05, 3.63) is 0 Å². The second-order valence-electron chi connectivity index (χ2n) is 1.94. The van der Waals surface area contributed by atoms with E-state index in [1.807, 2.05) is 0 Å². The number of alkyl halides is 2. The highest BCUT2D eigenvalue weighted by Gasteiger charge is 1.99. The van der Waals surface area contributed by atoms with E-state index in [0.29, 0.717) is 13.1 Å². The predicted octanol–water partition coefficient (Wildman–Crippen LogP) is -0.150. The van der Waals surface area contributed by atoms with E-state index in [-0.39, 0.29) is 13.2 Å². The van der Waals surface area contributed by atoms with Crippen molar-refractivity contribution >= 4 is 0 Å². The lowest BCUT2D eigenvalue weighted by atomic mass is 10.6. The fourth-order valence-electron chi connectivity index (χ4n) is 0.521. The maximum atomic E-state index is 11.4. The summed E-state index contributed by atoms with van der Waals surface area (Å²) in [7, 11) is 0. The zero-order chi connectivity index (χ0) is 8.53. The molecule has 5 heteroatoms. The molecule has 0 unspecified atom stereocenters. The lowest BCUT2D eigenvalue weighted by Crippen LogP contribution is -2.23. The van der Waals surface area contributed by atoms with E-state index in [1.54, 1.807) is 0 Å². The van der Waals surface area contributed by atoms with Gasteiger partial charge in [0.2, 0.25) is 0 Å². The van der Waals surface area contributed by atoms with Gasteiger partial charge >= 0.3 is 0 Å². The van der Waals surface area contributed by atoms with Crippen LogP contribution >= 0.6 is 0 Å². The van der Waals surface area contributed by atoms with E-state index in [4.69, 9.17) is 5.11 Å². The zero-order valence-electron chi connectivity index (χ0n) is 6.22. The molecule has 0 aliphatic heterocycles. The van der Waals surface area contributed by atoms with Crippen molar-refractivity contribution in [3.63, 3.8) is 0 Å². The average molecular weight is 169 g/mol. The monoisotopic (exact) mass is 169 g/mol. The molecule has 3 nitrogen and oxygen atoms in total. The molecule has 0 aromatic rings. The summed E-state index contributed by atoms with van der Waals surface area (Å²) < 4.78 is 27.4. The average Bonchev–Trinajstić information content (AvgIpc) is 1.96. The van der Waals surface area contributed by atoms with Crippen LogP contribution < -0.4 is 5.32 Å². The van der Waals surface area contributed by atoms with Crippen LogP contribution in [0.15, 0.2) is 0 Å². The Morgan fingerprint density at radius 1 is 1.36 bits per heavy atom. The fraction of sp³-hybridized carbons (Fsp3) is 1.00. The highest BCUT2D eigenvalue weighted by Crippen LogP contribution is 1.90. The SMILES string of the molecule is OCCNCCOCC(F)F. The van der Waals surface area contributed by atoms with Crippen LogP contribution in [0.5, 0.6) is 0 Å². The van der Waals surface area contributed by atoms with Gasteiger partial charge in [0.1, 0.15) is 6.61 Å². The molecule has 0 rings (SSSR count). The van der Waals surface area contributed by atoms with Crippen LogP contribution in [0.2, 0.25) is 0 Å². The van der Waals surface area contributed by atoms with E-state index in [1.165, 1.54) is 0 Å². The van der Waals surface area contributed by atoms with Crippen LogP contribution in [-0.2, 0) is 4.74 Å². The van der Waals surface area contributed by atoms with E-state index in [9.17, 15) is 8.78 Å². The van der Waals surface area contributed by atoms with Gasteiger partial charge in [0.05, 0.1) is 13.2 Å². The summed E-state index contributed by atoms with van der Waals surface area (Å²) in [5, 5.41) is 11.1. The molecular formula is C6H13F2NO2. The quantitative estimate of drug-likeness (QED) is 0.521. The van der Waals surface area contributed by atoms with E-state index in [2.05, 4.69) is 10.1 Å². The predicted molar refractivity (Wildman–Crippen MR) is 36.8 cm³/mol. The molecule has 0 aliphatic carbocycles. The maximum Gasteiger partial charge on any atom is 0.261 e. The Bertz CT molecular complexity index is 83.0. The Balaban J connectivity index is 2.80. The summed E-state index contributed by atoms with van der Waals surface area (Å²) in [4.78, 5) is 0. The Hall–Kier alpha value is -0.260. The van der Waals surface area contributed by atoms with Gasteiger partial charge in [-0.25, -0.2) is 8.78 Å².